The van der Waals surface area contributed by atoms with Gasteiger partial charge in [0.2, 0.25) is 0 Å². The van der Waals surface area contributed by atoms with E-state index in [1.807, 2.05) is 6.20 Å². The number of H-pyrrole nitrogens is 1. The molecule has 2 aromatic rings. The SMILES string of the molecule is c1cc(CNC2CCCCCC2)cc(-c2cnc[nH]2)c1. The van der Waals surface area contributed by atoms with Gasteiger partial charge in [0.25, 0.3) is 0 Å². The van der Waals surface area contributed by atoms with Crippen molar-refractivity contribution in [3.63, 3.8) is 0 Å². The molecule has 0 spiro atoms. The summed E-state index contributed by atoms with van der Waals surface area (Å²) in [5, 5.41) is 3.72. The molecular weight excluding hydrogens is 246 g/mol. The van der Waals surface area contributed by atoms with Crippen LogP contribution in [0.2, 0.25) is 0 Å². The minimum atomic E-state index is 0.702. The van der Waals surface area contributed by atoms with Gasteiger partial charge in [0.05, 0.1) is 18.2 Å². The van der Waals surface area contributed by atoms with Gasteiger partial charge in [-0.3, -0.25) is 0 Å². The zero-order valence-corrected chi connectivity index (χ0v) is 11.9. The fourth-order valence-corrected chi connectivity index (χ4v) is 3.01. The van der Waals surface area contributed by atoms with E-state index < -0.39 is 0 Å². The van der Waals surface area contributed by atoms with Gasteiger partial charge in [-0.1, -0.05) is 43.9 Å². The lowest BCUT2D eigenvalue weighted by Crippen LogP contribution is -2.27. The fraction of sp³-hybridized carbons (Fsp3) is 0.471. The number of nitrogens with zero attached hydrogens (tertiary/aromatic N) is 1. The number of nitrogens with one attached hydrogen (secondary N) is 2. The lowest BCUT2D eigenvalue weighted by molar-refractivity contribution is 0.459. The van der Waals surface area contributed by atoms with Gasteiger partial charge in [-0.25, -0.2) is 4.98 Å². The summed E-state index contributed by atoms with van der Waals surface area (Å²) >= 11 is 0. The van der Waals surface area contributed by atoms with Crippen molar-refractivity contribution in [1.29, 1.82) is 0 Å². The fourth-order valence-electron chi connectivity index (χ4n) is 3.01. The second-order valence-corrected chi connectivity index (χ2v) is 5.74. The second kappa shape index (κ2) is 6.71. The maximum absolute atomic E-state index is 4.09. The van der Waals surface area contributed by atoms with Gasteiger partial charge in [0.1, 0.15) is 0 Å². The molecule has 1 heterocycles. The van der Waals surface area contributed by atoms with Gasteiger partial charge < -0.3 is 10.3 Å². The van der Waals surface area contributed by atoms with Gasteiger partial charge in [0, 0.05) is 12.6 Å². The molecule has 1 aliphatic rings. The molecule has 3 heteroatoms. The quantitative estimate of drug-likeness (QED) is 0.827. The summed E-state index contributed by atoms with van der Waals surface area (Å²) in [5.74, 6) is 0. The molecule has 0 bridgehead atoms. The average Bonchev–Trinajstić information content (AvgIpc) is 2.90. The Hall–Kier alpha value is -1.61. The van der Waals surface area contributed by atoms with Crippen molar-refractivity contribution >= 4 is 0 Å². The average molecular weight is 269 g/mol. The molecule has 0 unspecified atom stereocenters. The molecule has 3 nitrogen and oxygen atoms in total. The van der Waals surface area contributed by atoms with E-state index >= 15 is 0 Å². The van der Waals surface area contributed by atoms with Gasteiger partial charge in [0.15, 0.2) is 0 Å². The number of rotatable bonds is 4. The highest BCUT2D eigenvalue weighted by atomic mass is 14.9. The van der Waals surface area contributed by atoms with Crippen molar-refractivity contribution in [2.45, 2.75) is 51.1 Å². The number of benzene rings is 1. The lowest BCUT2D eigenvalue weighted by atomic mass is 10.1. The smallest absolute Gasteiger partial charge is 0.0924 e. The van der Waals surface area contributed by atoms with Crippen molar-refractivity contribution in [2.24, 2.45) is 0 Å². The van der Waals surface area contributed by atoms with Crippen LogP contribution in [-0.4, -0.2) is 16.0 Å². The van der Waals surface area contributed by atoms with Crippen LogP contribution in [0, 0.1) is 0 Å². The first kappa shape index (κ1) is 13.4. The largest absolute Gasteiger partial charge is 0.345 e. The van der Waals surface area contributed by atoms with Crippen LogP contribution in [-0.2, 0) is 6.54 Å². The van der Waals surface area contributed by atoms with Crippen LogP contribution in [0.3, 0.4) is 0 Å². The molecule has 0 amide bonds. The first-order chi connectivity index (χ1) is 9.92. The van der Waals surface area contributed by atoms with Crippen LogP contribution in [0.15, 0.2) is 36.8 Å². The first-order valence-corrected chi connectivity index (χ1v) is 7.73. The molecule has 1 saturated carbocycles. The van der Waals surface area contributed by atoms with Crippen molar-refractivity contribution < 1.29 is 0 Å². The molecule has 1 fully saturated rings. The van der Waals surface area contributed by atoms with Crippen LogP contribution in [0.4, 0.5) is 0 Å². The van der Waals surface area contributed by atoms with Crippen LogP contribution in [0.25, 0.3) is 11.3 Å². The summed E-state index contributed by atoms with van der Waals surface area (Å²) in [6, 6.07) is 9.40. The van der Waals surface area contributed by atoms with E-state index in [0.717, 1.165) is 12.2 Å². The predicted molar refractivity (Wildman–Crippen MR) is 82.4 cm³/mol. The third kappa shape index (κ3) is 3.48. The number of aromatic amines is 1. The van der Waals surface area contributed by atoms with Crippen molar-refractivity contribution in [3.05, 3.63) is 42.4 Å². The molecule has 1 aromatic heterocycles. The van der Waals surface area contributed by atoms with Crippen LogP contribution in [0.1, 0.15) is 44.1 Å². The van der Waals surface area contributed by atoms with Gasteiger partial charge in [-0.2, -0.15) is 0 Å². The minimum Gasteiger partial charge on any atom is -0.345 e. The van der Waals surface area contributed by atoms with E-state index in [1.54, 1.807) is 6.33 Å². The molecule has 1 aromatic carbocycles. The maximum atomic E-state index is 4.09. The van der Waals surface area contributed by atoms with Crippen LogP contribution in [0.5, 0.6) is 0 Å². The third-order valence-corrected chi connectivity index (χ3v) is 4.19. The van der Waals surface area contributed by atoms with E-state index in [9.17, 15) is 0 Å². The molecular formula is C17H23N3. The Morgan fingerprint density at radius 2 is 2.00 bits per heavy atom. The molecule has 1 aliphatic carbocycles. The van der Waals surface area contributed by atoms with Crippen molar-refractivity contribution in [2.75, 3.05) is 0 Å². The highest BCUT2D eigenvalue weighted by Crippen LogP contribution is 2.19. The van der Waals surface area contributed by atoms with Gasteiger partial charge >= 0.3 is 0 Å². The van der Waals surface area contributed by atoms with Gasteiger partial charge in [-0.05, 0) is 30.0 Å². The predicted octanol–water partition coefficient (Wildman–Crippen LogP) is 3.89. The minimum absolute atomic E-state index is 0.702. The summed E-state index contributed by atoms with van der Waals surface area (Å²) in [5.41, 5.74) is 3.64. The normalized spacial score (nSPS) is 17.0. The van der Waals surface area contributed by atoms with Gasteiger partial charge in [-0.15, -0.1) is 0 Å². The lowest BCUT2D eigenvalue weighted by Gasteiger charge is -2.16. The highest BCUT2D eigenvalue weighted by molar-refractivity contribution is 5.58. The molecule has 2 N–H and O–H groups in total. The highest BCUT2D eigenvalue weighted by Gasteiger charge is 2.11. The third-order valence-electron chi connectivity index (χ3n) is 4.19. The molecule has 20 heavy (non-hydrogen) atoms. The van der Waals surface area contributed by atoms with E-state index in [1.165, 1.54) is 49.7 Å². The maximum Gasteiger partial charge on any atom is 0.0924 e. The van der Waals surface area contributed by atoms with E-state index in [-0.39, 0.29) is 0 Å². The Morgan fingerprint density at radius 1 is 1.15 bits per heavy atom. The molecule has 0 radical (unpaired) electrons. The zero-order chi connectivity index (χ0) is 13.6. The summed E-state index contributed by atoms with van der Waals surface area (Å²) in [6.45, 7) is 0.965. The van der Waals surface area contributed by atoms with E-state index in [0.29, 0.717) is 6.04 Å². The monoisotopic (exact) mass is 269 g/mol. The summed E-state index contributed by atoms with van der Waals surface area (Å²) < 4.78 is 0. The topological polar surface area (TPSA) is 40.7 Å². The number of imidazole rings is 1. The molecule has 3 rings (SSSR count). The molecule has 0 saturated heterocycles. The van der Waals surface area contributed by atoms with E-state index in [4.69, 9.17) is 0 Å². The van der Waals surface area contributed by atoms with E-state index in [2.05, 4.69) is 39.6 Å². The number of aromatic nitrogens is 2. The Kier molecular flexibility index (Phi) is 4.49. The van der Waals surface area contributed by atoms with Crippen molar-refractivity contribution in [3.8, 4) is 11.3 Å². The van der Waals surface area contributed by atoms with Crippen LogP contribution < -0.4 is 5.32 Å². The Bertz CT molecular complexity index is 511. The summed E-state index contributed by atoms with van der Waals surface area (Å²) in [6.07, 6.45) is 11.8. The second-order valence-electron chi connectivity index (χ2n) is 5.74. The Balaban J connectivity index is 1.61. The number of hydrogen-bond acceptors (Lipinski definition) is 2. The number of hydrogen-bond donors (Lipinski definition) is 2. The first-order valence-electron chi connectivity index (χ1n) is 7.73. The molecule has 106 valence electrons. The Morgan fingerprint density at radius 3 is 2.75 bits per heavy atom. The van der Waals surface area contributed by atoms with Crippen LogP contribution >= 0.6 is 0 Å². The zero-order valence-electron chi connectivity index (χ0n) is 11.9. The van der Waals surface area contributed by atoms with Crippen molar-refractivity contribution in [1.82, 2.24) is 15.3 Å². The standard InChI is InChI=1S/C17H23N3/c1-2-4-9-16(8-3-1)19-11-14-6-5-7-15(10-14)17-12-18-13-20-17/h5-7,10,12-13,16,19H,1-4,8-9,11H2,(H,18,20). The Labute approximate surface area is 120 Å². The summed E-state index contributed by atoms with van der Waals surface area (Å²) in [7, 11) is 0. The molecule has 0 aliphatic heterocycles. The molecule has 0 atom stereocenters. The summed E-state index contributed by atoms with van der Waals surface area (Å²) in [4.78, 5) is 7.25.